The van der Waals surface area contributed by atoms with Crippen molar-refractivity contribution < 1.29 is 9.66 Å². The average Bonchev–Trinajstić information content (AvgIpc) is 3.00. The second-order valence-electron chi connectivity index (χ2n) is 5.10. The zero-order chi connectivity index (χ0) is 16.4. The van der Waals surface area contributed by atoms with Gasteiger partial charge in [-0.3, -0.25) is 14.8 Å². The molecular weight excluding hydrogens is 300 g/mol. The van der Waals surface area contributed by atoms with Gasteiger partial charge in [0.05, 0.1) is 29.8 Å². The molecule has 1 atom stereocenters. The molecule has 1 aliphatic rings. The summed E-state index contributed by atoms with van der Waals surface area (Å²) >= 11 is 0. The van der Waals surface area contributed by atoms with Crippen molar-refractivity contribution >= 4 is 11.4 Å². The van der Waals surface area contributed by atoms with Crippen LogP contribution in [0.25, 0.3) is 0 Å². The van der Waals surface area contributed by atoms with Crippen molar-refractivity contribution in [2.75, 3.05) is 24.7 Å². The Bertz CT molecular complexity index is 781. The number of ether oxygens (including phenoxy) is 1. The van der Waals surface area contributed by atoms with Crippen LogP contribution in [0.1, 0.15) is 17.4 Å². The van der Waals surface area contributed by atoms with E-state index in [1.54, 1.807) is 23.9 Å². The van der Waals surface area contributed by atoms with Crippen molar-refractivity contribution in [1.82, 2.24) is 14.8 Å². The topological polar surface area (TPSA) is 110 Å². The van der Waals surface area contributed by atoms with Gasteiger partial charge in [-0.25, -0.2) is 4.98 Å². The van der Waals surface area contributed by atoms with E-state index in [0.717, 1.165) is 0 Å². The van der Waals surface area contributed by atoms with Gasteiger partial charge in [0.2, 0.25) is 0 Å². The summed E-state index contributed by atoms with van der Waals surface area (Å²) in [5.41, 5.74) is 0.604. The molecule has 1 aromatic carbocycles. The van der Waals surface area contributed by atoms with E-state index in [1.807, 2.05) is 11.0 Å². The van der Waals surface area contributed by atoms with Gasteiger partial charge in [0.25, 0.3) is 5.69 Å². The Hall–Kier alpha value is -2.99. The summed E-state index contributed by atoms with van der Waals surface area (Å²) in [5, 5.41) is 24.4. The Morgan fingerprint density at radius 1 is 1.52 bits per heavy atom. The summed E-state index contributed by atoms with van der Waals surface area (Å²) in [7, 11) is 1.77. The number of aromatic nitrogens is 3. The molecule has 1 saturated heterocycles. The zero-order valence-electron chi connectivity index (χ0n) is 12.4. The van der Waals surface area contributed by atoms with Gasteiger partial charge in [-0.2, -0.15) is 10.4 Å². The number of nitro groups is 1. The Kier molecular flexibility index (Phi) is 3.91. The number of morpholine rings is 1. The van der Waals surface area contributed by atoms with Crippen molar-refractivity contribution in [3.05, 3.63) is 46.0 Å². The summed E-state index contributed by atoms with van der Waals surface area (Å²) in [6.45, 7) is 1.32. The van der Waals surface area contributed by atoms with Crippen LogP contribution in [0.5, 0.6) is 0 Å². The molecule has 0 aliphatic carbocycles. The van der Waals surface area contributed by atoms with Crippen LogP contribution in [0.4, 0.5) is 11.4 Å². The molecule has 9 nitrogen and oxygen atoms in total. The monoisotopic (exact) mass is 314 g/mol. The maximum Gasteiger partial charge on any atom is 0.293 e. The molecule has 9 heteroatoms. The molecule has 23 heavy (non-hydrogen) atoms. The van der Waals surface area contributed by atoms with Crippen LogP contribution in [-0.4, -0.2) is 39.4 Å². The maximum atomic E-state index is 11.4. The predicted octanol–water partition coefficient (Wildman–Crippen LogP) is 1.17. The number of nitriles is 1. The third-order valence-electron chi connectivity index (χ3n) is 3.78. The van der Waals surface area contributed by atoms with Gasteiger partial charge in [0.15, 0.2) is 5.82 Å². The second kappa shape index (κ2) is 6.02. The first-order chi connectivity index (χ1) is 11.1. The van der Waals surface area contributed by atoms with Crippen LogP contribution in [0.2, 0.25) is 0 Å². The fourth-order valence-electron chi connectivity index (χ4n) is 2.69. The third kappa shape index (κ3) is 2.72. The molecule has 1 aromatic heterocycles. The first kappa shape index (κ1) is 14.9. The normalized spacial score (nSPS) is 17.7. The molecule has 0 spiro atoms. The number of hydrogen-bond acceptors (Lipinski definition) is 7. The molecule has 0 radical (unpaired) electrons. The summed E-state index contributed by atoms with van der Waals surface area (Å²) < 4.78 is 7.14. The van der Waals surface area contributed by atoms with Gasteiger partial charge in [-0.05, 0) is 12.1 Å². The van der Waals surface area contributed by atoms with E-state index in [1.165, 1.54) is 12.4 Å². The smallest absolute Gasteiger partial charge is 0.293 e. The fourth-order valence-corrected chi connectivity index (χ4v) is 2.69. The number of rotatable bonds is 3. The van der Waals surface area contributed by atoms with Crippen molar-refractivity contribution in [3.63, 3.8) is 0 Å². The molecule has 0 unspecified atom stereocenters. The largest absolute Gasteiger partial charge is 0.377 e. The third-order valence-corrected chi connectivity index (χ3v) is 3.78. The van der Waals surface area contributed by atoms with Gasteiger partial charge in [0, 0.05) is 19.7 Å². The minimum Gasteiger partial charge on any atom is -0.377 e. The van der Waals surface area contributed by atoms with Gasteiger partial charge < -0.3 is 9.64 Å². The Labute approximate surface area is 131 Å². The minimum absolute atomic E-state index is 0.0990. The number of aryl methyl sites for hydroxylation is 1. The lowest BCUT2D eigenvalue weighted by Crippen LogP contribution is -2.41. The molecular formula is C14H14N6O3. The van der Waals surface area contributed by atoms with Crippen LogP contribution in [0.15, 0.2) is 24.5 Å². The number of benzene rings is 1. The van der Waals surface area contributed by atoms with Crippen LogP contribution in [-0.2, 0) is 11.8 Å². The first-order valence-corrected chi connectivity index (χ1v) is 6.98. The fraction of sp³-hybridized carbons (Fsp3) is 0.357. The summed E-state index contributed by atoms with van der Waals surface area (Å²) in [6.07, 6.45) is 1.44. The van der Waals surface area contributed by atoms with E-state index >= 15 is 0 Å². The molecule has 0 saturated carbocycles. The van der Waals surface area contributed by atoms with Crippen molar-refractivity contribution in [3.8, 4) is 6.07 Å². The van der Waals surface area contributed by atoms with Crippen LogP contribution < -0.4 is 4.90 Å². The van der Waals surface area contributed by atoms with Gasteiger partial charge >= 0.3 is 0 Å². The van der Waals surface area contributed by atoms with Gasteiger partial charge in [0.1, 0.15) is 18.1 Å². The van der Waals surface area contributed by atoms with Gasteiger partial charge in [-0.15, -0.1) is 0 Å². The van der Waals surface area contributed by atoms with E-state index in [4.69, 9.17) is 10.00 Å². The number of nitrogens with zero attached hydrogens (tertiary/aromatic N) is 6. The molecule has 0 amide bonds. The molecule has 0 bridgehead atoms. The van der Waals surface area contributed by atoms with Crippen molar-refractivity contribution in [1.29, 1.82) is 5.26 Å². The highest BCUT2D eigenvalue weighted by Crippen LogP contribution is 2.35. The lowest BCUT2D eigenvalue weighted by atomic mass is 10.1. The Morgan fingerprint density at radius 3 is 3.00 bits per heavy atom. The highest BCUT2D eigenvalue weighted by Gasteiger charge is 2.32. The van der Waals surface area contributed by atoms with Crippen LogP contribution in [0.3, 0.4) is 0 Å². The molecule has 1 aliphatic heterocycles. The summed E-state index contributed by atoms with van der Waals surface area (Å²) in [5.74, 6) is 0.670. The minimum atomic E-state index is -0.473. The molecule has 3 rings (SSSR count). The van der Waals surface area contributed by atoms with E-state index in [2.05, 4.69) is 10.1 Å². The first-order valence-electron chi connectivity index (χ1n) is 6.98. The Morgan fingerprint density at radius 2 is 2.35 bits per heavy atom. The van der Waals surface area contributed by atoms with Gasteiger partial charge in [-0.1, -0.05) is 0 Å². The standard InChI is InChI=1S/C14H14N6O3/c1-18-14(16-9-17-18)13-8-23-5-4-19(13)11-3-2-10(7-15)6-12(11)20(21)22/h2-3,6,9,13H,4-5,8H2,1H3/t13-/m1/s1. The summed E-state index contributed by atoms with van der Waals surface area (Å²) in [6, 6.07) is 6.12. The predicted molar refractivity (Wildman–Crippen MR) is 79.7 cm³/mol. The average molecular weight is 314 g/mol. The molecule has 2 heterocycles. The van der Waals surface area contributed by atoms with E-state index in [0.29, 0.717) is 31.3 Å². The van der Waals surface area contributed by atoms with E-state index in [-0.39, 0.29) is 17.3 Å². The molecule has 1 fully saturated rings. The molecule has 2 aromatic rings. The highest BCUT2D eigenvalue weighted by atomic mass is 16.6. The quantitative estimate of drug-likeness (QED) is 0.617. The SMILES string of the molecule is Cn1ncnc1[C@H]1COCCN1c1ccc(C#N)cc1[N+](=O)[O-]. The van der Waals surface area contributed by atoms with Crippen LogP contribution >= 0.6 is 0 Å². The van der Waals surface area contributed by atoms with Crippen molar-refractivity contribution in [2.45, 2.75) is 6.04 Å². The lowest BCUT2D eigenvalue weighted by Gasteiger charge is -2.36. The zero-order valence-corrected chi connectivity index (χ0v) is 12.4. The number of anilines is 1. The van der Waals surface area contributed by atoms with Crippen molar-refractivity contribution in [2.24, 2.45) is 7.05 Å². The van der Waals surface area contributed by atoms with E-state index in [9.17, 15) is 10.1 Å². The number of nitro benzene ring substituents is 1. The maximum absolute atomic E-state index is 11.4. The molecule has 118 valence electrons. The molecule has 0 N–H and O–H groups in total. The summed E-state index contributed by atoms with van der Waals surface area (Å²) in [4.78, 5) is 17.0. The van der Waals surface area contributed by atoms with E-state index < -0.39 is 4.92 Å². The lowest BCUT2D eigenvalue weighted by molar-refractivity contribution is -0.384. The number of hydrogen-bond donors (Lipinski definition) is 0. The van der Waals surface area contributed by atoms with Crippen LogP contribution in [0, 0.1) is 21.4 Å². The second-order valence-corrected chi connectivity index (χ2v) is 5.10. The Balaban J connectivity index is 2.06. The highest BCUT2D eigenvalue weighted by molar-refractivity contribution is 5.66.